The molecule has 0 fully saturated rings. The van der Waals surface area contributed by atoms with E-state index in [0.29, 0.717) is 0 Å². The Kier molecular flexibility index (Phi) is 4.31. The van der Waals surface area contributed by atoms with Crippen LogP contribution in [0, 0.1) is 0 Å². The minimum absolute atomic E-state index is 0.0255. The topological polar surface area (TPSA) is 49.3 Å². The summed E-state index contributed by atoms with van der Waals surface area (Å²) in [6.07, 6.45) is 0. The van der Waals surface area contributed by atoms with E-state index >= 15 is 0 Å². The van der Waals surface area contributed by atoms with E-state index in [1.54, 1.807) is 0 Å². The molecule has 0 aliphatic heterocycles. The SMILES string of the molecule is C[C@@H](N[C@@H](C(=O)O)c1ccccc1)c1ccccc1. The van der Waals surface area contributed by atoms with Crippen molar-refractivity contribution in [2.45, 2.75) is 19.0 Å². The fourth-order valence-corrected chi connectivity index (χ4v) is 2.04. The first kappa shape index (κ1) is 13.3. The third-order valence-electron chi connectivity index (χ3n) is 3.10. The van der Waals surface area contributed by atoms with Gasteiger partial charge in [-0.25, -0.2) is 0 Å². The fourth-order valence-electron chi connectivity index (χ4n) is 2.04. The minimum Gasteiger partial charge on any atom is -0.480 e. The quantitative estimate of drug-likeness (QED) is 0.862. The van der Waals surface area contributed by atoms with Crippen molar-refractivity contribution < 1.29 is 9.90 Å². The van der Waals surface area contributed by atoms with E-state index in [-0.39, 0.29) is 6.04 Å². The van der Waals surface area contributed by atoms with Crippen LogP contribution in [0.1, 0.15) is 30.1 Å². The molecule has 3 heteroatoms. The fraction of sp³-hybridized carbons (Fsp3) is 0.188. The molecule has 0 unspecified atom stereocenters. The minimum atomic E-state index is -0.867. The second-order valence-corrected chi connectivity index (χ2v) is 4.48. The number of carboxylic acid groups (broad SMARTS) is 1. The molecule has 19 heavy (non-hydrogen) atoms. The molecule has 2 N–H and O–H groups in total. The molecule has 0 bridgehead atoms. The molecular weight excluding hydrogens is 238 g/mol. The van der Waals surface area contributed by atoms with Gasteiger partial charge in [-0.3, -0.25) is 10.1 Å². The summed E-state index contributed by atoms with van der Waals surface area (Å²) in [5.41, 5.74) is 1.84. The Labute approximate surface area is 112 Å². The molecule has 0 aliphatic carbocycles. The van der Waals surface area contributed by atoms with Crippen LogP contribution in [0.15, 0.2) is 60.7 Å². The molecule has 2 aromatic carbocycles. The normalized spacial score (nSPS) is 13.7. The van der Waals surface area contributed by atoms with Crippen LogP contribution in [-0.4, -0.2) is 11.1 Å². The van der Waals surface area contributed by atoms with Crippen molar-refractivity contribution in [1.82, 2.24) is 5.32 Å². The highest BCUT2D eigenvalue weighted by Gasteiger charge is 2.21. The van der Waals surface area contributed by atoms with Gasteiger partial charge < -0.3 is 5.11 Å². The summed E-state index contributed by atoms with van der Waals surface area (Å²) in [6, 6.07) is 18.3. The predicted molar refractivity (Wildman–Crippen MR) is 74.8 cm³/mol. The first-order valence-corrected chi connectivity index (χ1v) is 6.27. The Hall–Kier alpha value is -2.13. The van der Waals surface area contributed by atoms with Crippen LogP contribution < -0.4 is 5.32 Å². The maximum absolute atomic E-state index is 11.4. The van der Waals surface area contributed by atoms with Gasteiger partial charge in [0.2, 0.25) is 0 Å². The number of hydrogen-bond acceptors (Lipinski definition) is 2. The van der Waals surface area contributed by atoms with Crippen molar-refractivity contribution in [3.63, 3.8) is 0 Å². The van der Waals surface area contributed by atoms with E-state index in [1.807, 2.05) is 67.6 Å². The average molecular weight is 255 g/mol. The van der Waals surface area contributed by atoms with Crippen molar-refractivity contribution >= 4 is 5.97 Å². The van der Waals surface area contributed by atoms with E-state index < -0.39 is 12.0 Å². The number of hydrogen-bond donors (Lipinski definition) is 2. The Bertz CT molecular complexity index is 525. The predicted octanol–water partition coefficient (Wildman–Crippen LogP) is 3.16. The van der Waals surface area contributed by atoms with Crippen LogP contribution in [-0.2, 0) is 4.79 Å². The molecule has 0 aromatic heterocycles. The zero-order valence-electron chi connectivity index (χ0n) is 10.8. The van der Waals surface area contributed by atoms with Gasteiger partial charge in [0.15, 0.2) is 0 Å². The molecule has 2 rings (SSSR count). The van der Waals surface area contributed by atoms with Crippen molar-refractivity contribution in [3.05, 3.63) is 71.8 Å². The lowest BCUT2D eigenvalue weighted by atomic mass is 10.0. The highest BCUT2D eigenvalue weighted by molar-refractivity contribution is 5.75. The maximum atomic E-state index is 11.4. The largest absolute Gasteiger partial charge is 0.480 e. The molecule has 0 aliphatic rings. The molecular formula is C16H17NO2. The number of carbonyl (C=O) groups is 1. The van der Waals surface area contributed by atoms with Crippen LogP contribution in [0.3, 0.4) is 0 Å². The first-order chi connectivity index (χ1) is 9.18. The second kappa shape index (κ2) is 6.16. The molecule has 3 nitrogen and oxygen atoms in total. The van der Waals surface area contributed by atoms with Gasteiger partial charge in [-0.2, -0.15) is 0 Å². The lowest BCUT2D eigenvalue weighted by Crippen LogP contribution is -2.30. The molecule has 2 aromatic rings. The summed E-state index contributed by atoms with van der Waals surface area (Å²) in [6.45, 7) is 1.97. The summed E-state index contributed by atoms with van der Waals surface area (Å²) in [5.74, 6) is -0.867. The van der Waals surface area contributed by atoms with Gasteiger partial charge in [-0.1, -0.05) is 60.7 Å². The van der Waals surface area contributed by atoms with Gasteiger partial charge in [0, 0.05) is 6.04 Å². The van der Waals surface area contributed by atoms with E-state index in [4.69, 9.17) is 0 Å². The van der Waals surface area contributed by atoms with Crippen LogP contribution in [0.25, 0.3) is 0 Å². The number of benzene rings is 2. The van der Waals surface area contributed by atoms with E-state index in [1.165, 1.54) is 0 Å². The van der Waals surface area contributed by atoms with Gasteiger partial charge in [0.1, 0.15) is 6.04 Å². The summed E-state index contributed by atoms with van der Waals surface area (Å²) in [4.78, 5) is 11.4. The zero-order valence-corrected chi connectivity index (χ0v) is 10.8. The summed E-state index contributed by atoms with van der Waals surface area (Å²) in [5, 5.41) is 12.5. The van der Waals surface area contributed by atoms with Crippen molar-refractivity contribution in [2.24, 2.45) is 0 Å². The lowest BCUT2D eigenvalue weighted by molar-refractivity contribution is -0.139. The molecule has 0 spiro atoms. The molecule has 2 atom stereocenters. The highest BCUT2D eigenvalue weighted by atomic mass is 16.4. The van der Waals surface area contributed by atoms with E-state index in [2.05, 4.69) is 5.32 Å². The standard InChI is InChI=1S/C16H17NO2/c1-12(13-8-4-2-5-9-13)17-15(16(18)19)14-10-6-3-7-11-14/h2-12,15,17H,1H3,(H,18,19)/t12-,15-/m1/s1. The third kappa shape index (κ3) is 3.42. The summed E-state index contributed by atoms with van der Waals surface area (Å²) < 4.78 is 0. The second-order valence-electron chi connectivity index (χ2n) is 4.48. The first-order valence-electron chi connectivity index (χ1n) is 6.27. The van der Waals surface area contributed by atoms with Crippen LogP contribution >= 0.6 is 0 Å². The molecule has 98 valence electrons. The summed E-state index contributed by atoms with van der Waals surface area (Å²) in [7, 11) is 0. The summed E-state index contributed by atoms with van der Waals surface area (Å²) >= 11 is 0. The van der Waals surface area contributed by atoms with Gasteiger partial charge in [-0.05, 0) is 18.1 Å². The van der Waals surface area contributed by atoms with Gasteiger partial charge in [0.25, 0.3) is 0 Å². The van der Waals surface area contributed by atoms with Crippen molar-refractivity contribution in [1.29, 1.82) is 0 Å². The number of rotatable bonds is 5. The molecule has 0 saturated heterocycles. The number of nitrogens with one attached hydrogen (secondary N) is 1. The van der Waals surface area contributed by atoms with Gasteiger partial charge in [-0.15, -0.1) is 0 Å². The lowest BCUT2D eigenvalue weighted by Gasteiger charge is -2.20. The average Bonchev–Trinajstić information content (AvgIpc) is 2.46. The Balaban J connectivity index is 2.16. The number of aliphatic carboxylic acids is 1. The van der Waals surface area contributed by atoms with Crippen molar-refractivity contribution in [2.75, 3.05) is 0 Å². The van der Waals surface area contributed by atoms with Crippen LogP contribution in [0.5, 0.6) is 0 Å². The molecule has 0 saturated carbocycles. The molecule has 0 radical (unpaired) electrons. The Morgan fingerprint density at radius 3 is 1.89 bits per heavy atom. The van der Waals surface area contributed by atoms with E-state index in [9.17, 15) is 9.90 Å². The zero-order chi connectivity index (χ0) is 13.7. The van der Waals surface area contributed by atoms with Crippen LogP contribution in [0.2, 0.25) is 0 Å². The highest BCUT2D eigenvalue weighted by Crippen LogP contribution is 2.19. The smallest absolute Gasteiger partial charge is 0.325 e. The van der Waals surface area contributed by atoms with Crippen LogP contribution in [0.4, 0.5) is 0 Å². The number of carboxylic acids is 1. The van der Waals surface area contributed by atoms with Crippen molar-refractivity contribution in [3.8, 4) is 0 Å². The monoisotopic (exact) mass is 255 g/mol. The van der Waals surface area contributed by atoms with E-state index in [0.717, 1.165) is 11.1 Å². The Morgan fingerprint density at radius 2 is 1.42 bits per heavy atom. The van der Waals surface area contributed by atoms with Gasteiger partial charge in [0.05, 0.1) is 0 Å². The third-order valence-corrected chi connectivity index (χ3v) is 3.10. The van der Waals surface area contributed by atoms with Gasteiger partial charge >= 0.3 is 5.97 Å². The maximum Gasteiger partial charge on any atom is 0.325 e. The molecule has 0 amide bonds. The Morgan fingerprint density at radius 1 is 0.947 bits per heavy atom. The molecule has 0 heterocycles.